The molecule has 98 valence electrons. The molecule has 2 aromatic carbocycles. The second-order valence-electron chi connectivity index (χ2n) is 4.43. The lowest BCUT2D eigenvalue weighted by Gasteiger charge is -2.23. The maximum absolute atomic E-state index is 11.7. The van der Waals surface area contributed by atoms with Gasteiger partial charge in [-0.05, 0) is 38.1 Å². The SMILES string of the molecule is Cc1ccc(N(C(N)=O)c2cccc(O)c2C)cc1. The molecule has 0 radical (unpaired) electrons. The van der Waals surface area contributed by atoms with Crippen LogP contribution in [0.1, 0.15) is 11.1 Å². The number of nitrogens with zero attached hydrogens (tertiary/aromatic N) is 1. The van der Waals surface area contributed by atoms with E-state index in [2.05, 4.69) is 0 Å². The summed E-state index contributed by atoms with van der Waals surface area (Å²) in [6, 6.07) is 11.9. The molecule has 2 amide bonds. The first kappa shape index (κ1) is 13.0. The van der Waals surface area contributed by atoms with Gasteiger partial charge in [-0.2, -0.15) is 0 Å². The Bertz CT molecular complexity index is 606. The lowest BCUT2D eigenvalue weighted by atomic mass is 10.1. The average molecular weight is 256 g/mol. The topological polar surface area (TPSA) is 66.6 Å². The predicted octanol–water partition coefficient (Wildman–Crippen LogP) is 3.23. The van der Waals surface area contributed by atoms with Crippen LogP contribution in [0.3, 0.4) is 0 Å². The summed E-state index contributed by atoms with van der Waals surface area (Å²) in [6.45, 7) is 3.72. The summed E-state index contributed by atoms with van der Waals surface area (Å²) < 4.78 is 0. The van der Waals surface area contributed by atoms with E-state index in [4.69, 9.17) is 5.73 Å². The number of hydrogen-bond acceptors (Lipinski definition) is 2. The van der Waals surface area contributed by atoms with E-state index in [-0.39, 0.29) is 5.75 Å². The Morgan fingerprint density at radius 1 is 1.11 bits per heavy atom. The van der Waals surface area contributed by atoms with Gasteiger partial charge in [0.1, 0.15) is 5.75 Å². The number of anilines is 2. The fraction of sp³-hybridized carbons (Fsp3) is 0.133. The van der Waals surface area contributed by atoms with E-state index < -0.39 is 6.03 Å². The first-order valence-electron chi connectivity index (χ1n) is 5.95. The number of aryl methyl sites for hydroxylation is 1. The van der Waals surface area contributed by atoms with Crippen molar-refractivity contribution < 1.29 is 9.90 Å². The van der Waals surface area contributed by atoms with Crippen LogP contribution in [0, 0.1) is 13.8 Å². The van der Waals surface area contributed by atoms with E-state index in [1.807, 2.05) is 31.2 Å². The highest BCUT2D eigenvalue weighted by molar-refractivity contribution is 5.99. The zero-order chi connectivity index (χ0) is 14.0. The van der Waals surface area contributed by atoms with Gasteiger partial charge in [-0.1, -0.05) is 23.8 Å². The van der Waals surface area contributed by atoms with Gasteiger partial charge < -0.3 is 10.8 Å². The number of amides is 2. The van der Waals surface area contributed by atoms with Crippen molar-refractivity contribution in [1.29, 1.82) is 0 Å². The smallest absolute Gasteiger partial charge is 0.323 e. The molecule has 4 heteroatoms. The van der Waals surface area contributed by atoms with Crippen LogP contribution in [0.4, 0.5) is 16.2 Å². The van der Waals surface area contributed by atoms with Crippen LogP contribution in [0.2, 0.25) is 0 Å². The first-order valence-corrected chi connectivity index (χ1v) is 5.95. The molecule has 0 bridgehead atoms. The van der Waals surface area contributed by atoms with Crippen LogP contribution in [-0.2, 0) is 0 Å². The van der Waals surface area contributed by atoms with E-state index in [1.54, 1.807) is 25.1 Å². The third-order valence-corrected chi connectivity index (χ3v) is 3.03. The van der Waals surface area contributed by atoms with Crippen LogP contribution < -0.4 is 10.6 Å². The van der Waals surface area contributed by atoms with Crippen molar-refractivity contribution in [1.82, 2.24) is 0 Å². The average Bonchev–Trinajstić information content (AvgIpc) is 2.37. The Morgan fingerprint density at radius 3 is 2.32 bits per heavy atom. The van der Waals surface area contributed by atoms with Gasteiger partial charge >= 0.3 is 6.03 Å². The molecule has 19 heavy (non-hydrogen) atoms. The number of phenolic OH excluding ortho intramolecular Hbond substituents is 1. The molecule has 0 saturated heterocycles. The molecule has 2 rings (SSSR count). The first-order chi connectivity index (χ1) is 9.00. The number of primary amides is 1. The van der Waals surface area contributed by atoms with Crippen molar-refractivity contribution >= 4 is 17.4 Å². The van der Waals surface area contributed by atoms with Crippen molar-refractivity contribution in [3.05, 3.63) is 53.6 Å². The van der Waals surface area contributed by atoms with Crippen molar-refractivity contribution in [2.45, 2.75) is 13.8 Å². The van der Waals surface area contributed by atoms with Crippen molar-refractivity contribution in [3.63, 3.8) is 0 Å². The molecule has 0 saturated carbocycles. The Labute approximate surface area is 112 Å². The molecular weight excluding hydrogens is 240 g/mol. The molecule has 0 spiro atoms. The second kappa shape index (κ2) is 5.02. The summed E-state index contributed by atoms with van der Waals surface area (Å²) in [5, 5.41) is 9.74. The molecule has 0 aromatic heterocycles. The normalized spacial score (nSPS) is 10.2. The Morgan fingerprint density at radius 2 is 1.74 bits per heavy atom. The zero-order valence-electron chi connectivity index (χ0n) is 10.9. The second-order valence-corrected chi connectivity index (χ2v) is 4.43. The van der Waals surface area contributed by atoms with E-state index in [9.17, 15) is 9.90 Å². The molecule has 3 N–H and O–H groups in total. The third kappa shape index (κ3) is 2.52. The maximum Gasteiger partial charge on any atom is 0.323 e. The molecule has 0 aliphatic rings. The highest BCUT2D eigenvalue weighted by atomic mass is 16.3. The van der Waals surface area contributed by atoms with E-state index in [0.29, 0.717) is 16.9 Å². The summed E-state index contributed by atoms with van der Waals surface area (Å²) in [4.78, 5) is 13.1. The van der Waals surface area contributed by atoms with Gasteiger partial charge in [0.25, 0.3) is 0 Å². The largest absolute Gasteiger partial charge is 0.508 e. The molecule has 4 nitrogen and oxygen atoms in total. The predicted molar refractivity (Wildman–Crippen MR) is 75.7 cm³/mol. The molecule has 0 fully saturated rings. The van der Waals surface area contributed by atoms with Gasteiger partial charge in [-0.15, -0.1) is 0 Å². The minimum atomic E-state index is -0.586. The zero-order valence-corrected chi connectivity index (χ0v) is 10.9. The summed E-state index contributed by atoms with van der Waals surface area (Å²) >= 11 is 0. The molecule has 0 heterocycles. The van der Waals surface area contributed by atoms with Crippen LogP contribution in [0.5, 0.6) is 5.75 Å². The van der Waals surface area contributed by atoms with Crippen molar-refractivity contribution in [3.8, 4) is 5.75 Å². The number of phenols is 1. The molecule has 0 aliphatic heterocycles. The summed E-state index contributed by atoms with van der Waals surface area (Å²) in [5.74, 6) is 0.135. The highest BCUT2D eigenvalue weighted by Crippen LogP contribution is 2.32. The molecule has 0 atom stereocenters. The number of nitrogens with two attached hydrogens (primary N) is 1. The number of carbonyl (C=O) groups is 1. The molecule has 0 aliphatic carbocycles. The van der Waals surface area contributed by atoms with Gasteiger partial charge in [0.05, 0.1) is 11.4 Å². The fourth-order valence-corrected chi connectivity index (χ4v) is 1.93. The number of urea groups is 1. The number of aromatic hydroxyl groups is 1. The third-order valence-electron chi connectivity index (χ3n) is 3.03. The molecule has 2 aromatic rings. The quantitative estimate of drug-likeness (QED) is 0.866. The van der Waals surface area contributed by atoms with Gasteiger partial charge in [0.2, 0.25) is 0 Å². The standard InChI is InChI=1S/C15H16N2O2/c1-10-6-8-12(9-7-10)17(15(16)19)13-4-3-5-14(18)11(13)2/h3-9,18H,1-2H3,(H2,16,19). The lowest BCUT2D eigenvalue weighted by Crippen LogP contribution is -2.31. The van der Waals surface area contributed by atoms with Crippen LogP contribution in [0.25, 0.3) is 0 Å². The van der Waals surface area contributed by atoms with Crippen molar-refractivity contribution in [2.75, 3.05) is 4.90 Å². The van der Waals surface area contributed by atoms with Gasteiger partial charge in [0.15, 0.2) is 0 Å². The van der Waals surface area contributed by atoms with Gasteiger partial charge in [0, 0.05) is 5.56 Å². The van der Waals surface area contributed by atoms with Crippen molar-refractivity contribution in [2.24, 2.45) is 5.73 Å². The number of carbonyl (C=O) groups excluding carboxylic acids is 1. The fourth-order valence-electron chi connectivity index (χ4n) is 1.93. The lowest BCUT2D eigenvalue weighted by molar-refractivity contribution is 0.256. The van der Waals surface area contributed by atoms with E-state index in [1.165, 1.54) is 4.90 Å². The minimum absolute atomic E-state index is 0.135. The van der Waals surface area contributed by atoms with Gasteiger partial charge in [-0.3, -0.25) is 4.90 Å². The minimum Gasteiger partial charge on any atom is -0.508 e. The highest BCUT2D eigenvalue weighted by Gasteiger charge is 2.18. The number of rotatable bonds is 2. The Hall–Kier alpha value is -2.49. The van der Waals surface area contributed by atoms with Crippen LogP contribution in [0.15, 0.2) is 42.5 Å². The molecular formula is C15H16N2O2. The van der Waals surface area contributed by atoms with Gasteiger partial charge in [-0.25, -0.2) is 4.79 Å². The van der Waals surface area contributed by atoms with Crippen LogP contribution in [-0.4, -0.2) is 11.1 Å². The number of hydrogen-bond donors (Lipinski definition) is 2. The summed E-state index contributed by atoms with van der Waals surface area (Å²) in [7, 11) is 0. The monoisotopic (exact) mass is 256 g/mol. The number of benzene rings is 2. The van der Waals surface area contributed by atoms with E-state index >= 15 is 0 Å². The summed E-state index contributed by atoms with van der Waals surface area (Å²) in [6.07, 6.45) is 0. The van der Waals surface area contributed by atoms with Crippen LogP contribution >= 0.6 is 0 Å². The maximum atomic E-state index is 11.7. The summed E-state index contributed by atoms with van der Waals surface area (Å²) in [5.41, 5.74) is 8.43. The Balaban J connectivity index is 2.55. The van der Waals surface area contributed by atoms with E-state index in [0.717, 1.165) is 5.56 Å². The molecule has 0 unspecified atom stereocenters. The Kier molecular flexibility index (Phi) is 3.42.